The number of nitrogens with one attached hydrogen (secondary N) is 1. The Morgan fingerprint density at radius 1 is 1.30 bits per heavy atom. The van der Waals surface area contributed by atoms with Crippen molar-refractivity contribution in [2.45, 2.75) is 59.0 Å². The molecule has 0 aliphatic heterocycles. The van der Waals surface area contributed by atoms with Gasteiger partial charge >= 0.3 is 0 Å². The van der Waals surface area contributed by atoms with Gasteiger partial charge in [-0.25, -0.2) is 0 Å². The number of rotatable bonds is 6. The van der Waals surface area contributed by atoms with Crippen LogP contribution in [-0.2, 0) is 4.79 Å². The van der Waals surface area contributed by atoms with Crippen LogP contribution in [-0.4, -0.2) is 48.7 Å². The lowest BCUT2D eigenvalue weighted by Crippen LogP contribution is -2.41. The van der Waals surface area contributed by atoms with Gasteiger partial charge in [0, 0.05) is 13.1 Å². The number of carbonyl (C=O) groups excluding carboxylic acids is 1. The minimum absolute atomic E-state index is 0.0852. The molecule has 0 saturated heterocycles. The third kappa shape index (κ3) is 7.25. The summed E-state index contributed by atoms with van der Waals surface area (Å²) in [5.41, 5.74) is 0.255. The zero-order chi connectivity index (χ0) is 15.2. The summed E-state index contributed by atoms with van der Waals surface area (Å²) < 4.78 is 0. The second-order valence-corrected chi connectivity index (χ2v) is 7.47. The predicted octanol–water partition coefficient (Wildman–Crippen LogP) is 2.02. The molecule has 0 heterocycles. The number of nitrogens with zero attached hydrogens (tertiary/aromatic N) is 1. The first-order valence-electron chi connectivity index (χ1n) is 7.91. The standard InChI is InChI=1S/C16H32N2O2/c1-16(2,3)9-10-17-15(20)12-18(4)11-13-7-5-6-8-14(13)19/h13-14,19H,5-12H2,1-4H3,(H,17,20). The van der Waals surface area contributed by atoms with E-state index in [0.717, 1.165) is 38.8 Å². The van der Waals surface area contributed by atoms with Gasteiger partial charge in [-0.3, -0.25) is 9.69 Å². The van der Waals surface area contributed by atoms with E-state index in [1.165, 1.54) is 6.42 Å². The summed E-state index contributed by atoms with van der Waals surface area (Å²) in [6.45, 7) is 8.50. The molecule has 1 fully saturated rings. The number of aliphatic hydroxyl groups is 1. The predicted molar refractivity (Wildman–Crippen MR) is 82.5 cm³/mol. The van der Waals surface area contributed by atoms with E-state index in [-0.39, 0.29) is 17.4 Å². The van der Waals surface area contributed by atoms with Crippen molar-refractivity contribution in [3.8, 4) is 0 Å². The molecule has 0 aromatic carbocycles. The molecule has 2 unspecified atom stereocenters. The molecule has 4 heteroatoms. The van der Waals surface area contributed by atoms with Crippen molar-refractivity contribution < 1.29 is 9.90 Å². The van der Waals surface area contributed by atoms with E-state index in [1.807, 2.05) is 11.9 Å². The highest BCUT2D eigenvalue weighted by atomic mass is 16.3. The Balaban J connectivity index is 2.20. The average Bonchev–Trinajstić information content (AvgIpc) is 2.30. The fourth-order valence-electron chi connectivity index (χ4n) is 2.74. The number of aliphatic hydroxyl groups excluding tert-OH is 1. The summed E-state index contributed by atoms with van der Waals surface area (Å²) in [7, 11) is 1.96. The van der Waals surface area contributed by atoms with Crippen molar-refractivity contribution in [1.82, 2.24) is 10.2 Å². The van der Waals surface area contributed by atoms with Gasteiger partial charge in [-0.15, -0.1) is 0 Å². The van der Waals surface area contributed by atoms with Crippen molar-refractivity contribution in [1.29, 1.82) is 0 Å². The monoisotopic (exact) mass is 284 g/mol. The smallest absolute Gasteiger partial charge is 0.234 e. The van der Waals surface area contributed by atoms with Gasteiger partial charge in [0.2, 0.25) is 5.91 Å². The van der Waals surface area contributed by atoms with Crippen LogP contribution in [0.3, 0.4) is 0 Å². The Labute approximate surface area is 123 Å². The molecule has 0 bridgehead atoms. The third-order valence-electron chi connectivity index (χ3n) is 4.03. The van der Waals surface area contributed by atoms with Gasteiger partial charge in [0.15, 0.2) is 0 Å². The summed E-state index contributed by atoms with van der Waals surface area (Å²) in [6.07, 6.45) is 5.13. The van der Waals surface area contributed by atoms with Crippen molar-refractivity contribution in [3.63, 3.8) is 0 Å². The minimum Gasteiger partial charge on any atom is -0.393 e. The van der Waals surface area contributed by atoms with Crippen LogP contribution in [0.15, 0.2) is 0 Å². The first kappa shape index (κ1) is 17.4. The molecule has 2 atom stereocenters. The summed E-state index contributed by atoms with van der Waals surface area (Å²) in [5.74, 6) is 0.415. The van der Waals surface area contributed by atoms with E-state index >= 15 is 0 Å². The molecular weight excluding hydrogens is 252 g/mol. The summed E-state index contributed by atoms with van der Waals surface area (Å²) in [6, 6.07) is 0. The fraction of sp³-hybridized carbons (Fsp3) is 0.938. The SMILES string of the molecule is CN(CC(=O)NCCC(C)(C)C)CC1CCCCC1O. The van der Waals surface area contributed by atoms with E-state index in [1.54, 1.807) is 0 Å². The highest BCUT2D eigenvalue weighted by molar-refractivity contribution is 5.77. The van der Waals surface area contributed by atoms with E-state index in [9.17, 15) is 9.90 Å². The lowest BCUT2D eigenvalue weighted by molar-refractivity contribution is -0.122. The van der Waals surface area contributed by atoms with Crippen LogP contribution in [0, 0.1) is 11.3 Å². The topological polar surface area (TPSA) is 52.6 Å². The second-order valence-electron chi connectivity index (χ2n) is 7.47. The second kappa shape index (κ2) is 7.99. The highest BCUT2D eigenvalue weighted by Gasteiger charge is 2.24. The van der Waals surface area contributed by atoms with Gasteiger partial charge in [0.25, 0.3) is 0 Å². The van der Waals surface area contributed by atoms with E-state index in [0.29, 0.717) is 12.5 Å². The molecule has 1 saturated carbocycles. The molecule has 1 rings (SSSR count). The molecule has 1 aliphatic carbocycles. The number of hydrogen-bond acceptors (Lipinski definition) is 3. The van der Waals surface area contributed by atoms with Crippen molar-refractivity contribution >= 4 is 5.91 Å². The van der Waals surface area contributed by atoms with Crippen LogP contribution in [0.1, 0.15) is 52.9 Å². The number of amides is 1. The van der Waals surface area contributed by atoms with Gasteiger partial charge in [0.1, 0.15) is 0 Å². The zero-order valence-corrected chi connectivity index (χ0v) is 13.6. The van der Waals surface area contributed by atoms with Gasteiger partial charge in [-0.1, -0.05) is 33.6 Å². The maximum Gasteiger partial charge on any atom is 0.234 e. The number of hydrogen-bond donors (Lipinski definition) is 2. The first-order valence-corrected chi connectivity index (χ1v) is 7.91. The zero-order valence-electron chi connectivity index (χ0n) is 13.6. The highest BCUT2D eigenvalue weighted by Crippen LogP contribution is 2.24. The van der Waals surface area contributed by atoms with Crippen molar-refractivity contribution in [3.05, 3.63) is 0 Å². The van der Waals surface area contributed by atoms with Crippen LogP contribution in [0.2, 0.25) is 0 Å². The Hall–Kier alpha value is -0.610. The largest absolute Gasteiger partial charge is 0.393 e. The van der Waals surface area contributed by atoms with Crippen LogP contribution in [0.5, 0.6) is 0 Å². The molecule has 1 aliphatic rings. The lowest BCUT2D eigenvalue weighted by atomic mass is 9.86. The summed E-state index contributed by atoms with van der Waals surface area (Å²) in [4.78, 5) is 13.9. The molecule has 1 amide bonds. The number of likely N-dealkylation sites (N-methyl/N-ethyl adjacent to an activating group) is 1. The van der Waals surface area contributed by atoms with Gasteiger partial charge in [0.05, 0.1) is 12.6 Å². The molecule has 118 valence electrons. The Morgan fingerprint density at radius 2 is 1.95 bits per heavy atom. The molecule has 20 heavy (non-hydrogen) atoms. The van der Waals surface area contributed by atoms with E-state index in [2.05, 4.69) is 26.1 Å². The minimum atomic E-state index is -0.185. The lowest BCUT2D eigenvalue weighted by Gasteiger charge is -2.31. The Bertz CT molecular complexity index is 299. The molecule has 0 radical (unpaired) electrons. The molecule has 0 aromatic heterocycles. The third-order valence-corrected chi connectivity index (χ3v) is 4.03. The van der Waals surface area contributed by atoms with Crippen molar-refractivity contribution in [2.75, 3.05) is 26.7 Å². The Morgan fingerprint density at radius 3 is 2.55 bits per heavy atom. The molecule has 0 spiro atoms. The fourth-order valence-corrected chi connectivity index (χ4v) is 2.74. The molecular formula is C16H32N2O2. The van der Waals surface area contributed by atoms with E-state index < -0.39 is 0 Å². The van der Waals surface area contributed by atoms with Crippen LogP contribution in [0.4, 0.5) is 0 Å². The first-order chi connectivity index (χ1) is 9.28. The van der Waals surface area contributed by atoms with Crippen LogP contribution in [0.25, 0.3) is 0 Å². The maximum atomic E-state index is 11.8. The summed E-state index contributed by atoms with van der Waals surface area (Å²) >= 11 is 0. The van der Waals surface area contributed by atoms with Crippen LogP contribution >= 0.6 is 0 Å². The maximum absolute atomic E-state index is 11.8. The summed E-state index contributed by atoms with van der Waals surface area (Å²) in [5, 5.41) is 12.9. The van der Waals surface area contributed by atoms with E-state index in [4.69, 9.17) is 0 Å². The van der Waals surface area contributed by atoms with Gasteiger partial charge < -0.3 is 10.4 Å². The number of carbonyl (C=O) groups is 1. The average molecular weight is 284 g/mol. The molecule has 2 N–H and O–H groups in total. The molecule has 0 aromatic rings. The van der Waals surface area contributed by atoms with Crippen molar-refractivity contribution in [2.24, 2.45) is 11.3 Å². The normalized spacial score (nSPS) is 23.9. The van der Waals surface area contributed by atoms with Gasteiger partial charge in [-0.05, 0) is 37.6 Å². The quantitative estimate of drug-likeness (QED) is 0.784. The Kier molecular flexibility index (Phi) is 6.96. The van der Waals surface area contributed by atoms with Crippen LogP contribution < -0.4 is 5.32 Å². The van der Waals surface area contributed by atoms with Gasteiger partial charge in [-0.2, -0.15) is 0 Å². The molecule has 4 nitrogen and oxygen atoms in total.